The quantitative estimate of drug-likeness (QED) is 0.711. The van der Waals surface area contributed by atoms with Crippen LogP contribution in [0, 0.1) is 17.8 Å². The maximum atomic E-state index is 6.37. The number of fused-ring (bicyclic) bond motifs is 2. The largest absolute Gasteiger partial charge is 0.373 e. The van der Waals surface area contributed by atoms with Crippen molar-refractivity contribution in [3.05, 3.63) is 28.8 Å². The first-order valence-electron chi connectivity index (χ1n) is 7.23. The SMILES string of the molecule is CN(CC1CC2CCC1C2)c1ccc(CCl)cc1Cl. The van der Waals surface area contributed by atoms with Gasteiger partial charge < -0.3 is 4.90 Å². The molecule has 0 radical (unpaired) electrons. The number of hydrogen-bond acceptors (Lipinski definition) is 1. The molecular formula is C16H21Cl2N. The number of rotatable bonds is 4. The van der Waals surface area contributed by atoms with Crippen molar-refractivity contribution >= 4 is 28.9 Å². The van der Waals surface area contributed by atoms with Gasteiger partial charge in [0.2, 0.25) is 0 Å². The van der Waals surface area contributed by atoms with E-state index in [4.69, 9.17) is 23.2 Å². The first-order chi connectivity index (χ1) is 9.17. The van der Waals surface area contributed by atoms with E-state index in [0.29, 0.717) is 5.88 Å². The summed E-state index contributed by atoms with van der Waals surface area (Å²) in [6.45, 7) is 1.14. The summed E-state index contributed by atoms with van der Waals surface area (Å²) >= 11 is 12.2. The van der Waals surface area contributed by atoms with E-state index in [0.717, 1.165) is 40.6 Å². The molecule has 0 heterocycles. The molecule has 0 saturated heterocycles. The van der Waals surface area contributed by atoms with E-state index in [-0.39, 0.29) is 0 Å². The van der Waals surface area contributed by atoms with Crippen LogP contribution in [0.25, 0.3) is 0 Å². The van der Waals surface area contributed by atoms with Gasteiger partial charge in [0.15, 0.2) is 0 Å². The van der Waals surface area contributed by atoms with Gasteiger partial charge in [-0.05, 0) is 54.7 Å². The molecule has 0 aliphatic heterocycles. The molecule has 3 rings (SSSR count). The lowest BCUT2D eigenvalue weighted by Gasteiger charge is -2.29. The summed E-state index contributed by atoms with van der Waals surface area (Å²) in [6, 6.07) is 6.17. The number of benzene rings is 1. The summed E-state index contributed by atoms with van der Waals surface area (Å²) in [5.41, 5.74) is 2.22. The maximum absolute atomic E-state index is 6.37. The fourth-order valence-corrected chi connectivity index (χ4v) is 4.51. The number of nitrogens with zero attached hydrogens (tertiary/aromatic N) is 1. The molecule has 2 aliphatic carbocycles. The first kappa shape index (κ1) is 13.6. The Balaban J connectivity index is 1.68. The van der Waals surface area contributed by atoms with Gasteiger partial charge in [-0.1, -0.05) is 24.1 Å². The average Bonchev–Trinajstić information content (AvgIpc) is 3.00. The summed E-state index contributed by atoms with van der Waals surface area (Å²) in [4.78, 5) is 2.33. The Morgan fingerprint density at radius 1 is 1.26 bits per heavy atom. The molecule has 0 spiro atoms. The van der Waals surface area contributed by atoms with Crippen LogP contribution in [0.4, 0.5) is 5.69 Å². The monoisotopic (exact) mass is 297 g/mol. The van der Waals surface area contributed by atoms with Gasteiger partial charge in [0.05, 0.1) is 10.7 Å². The van der Waals surface area contributed by atoms with E-state index in [1.54, 1.807) is 0 Å². The third kappa shape index (κ3) is 2.73. The summed E-state index contributed by atoms with van der Waals surface area (Å²) in [5.74, 6) is 3.37. The lowest BCUT2D eigenvalue weighted by molar-refractivity contribution is 0.337. The Bertz CT molecular complexity index is 460. The first-order valence-corrected chi connectivity index (χ1v) is 8.14. The van der Waals surface area contributed by atoms with Crippen molar-refractivity contribution < 1.29 is 0 Å². The lowest BCUT2D eigenvalue weighted by Crippen LogP contribution is -2.28. The molecule has 1 aromatic carbocycles. The molecule has 1 nitrogen and oxygen atoms in total. The standard InChI is InChI=1S/C16H21Cl2N/c1-19(10-14-7-11-2-4-13(14)6-11)16-5-3-12(9-17)8-15(16)18/h3,5,8,11,13-14H,2,4,6-7,9-10H2,1H3. The van der Waals surface area contributed by atoms with Crippen molar-refractivity contribution in [2.24, 2.45) is 17.8 Å². The molecule has 3 unspecified atom stereocenters. The molecule has 2 aliphatic rings. The highest BCUT2D eigenvalue weighted by Crippen LogP contribution is 2.48. The third-order valence-electron chi connectivity index (χ3n) is 4.97. The minimum absolute atomic E-state index is 0.524. The van der Waals surface area contributed by atoms with E-state index in [1.807, 2.05) is 6.07 Å². The average molecular weight is 298 g/mol. The number of hydrogen-bond donors (Lipinski definition) is 0. The van der Waals surface area contributed by atoms with Crippen molar-refractivity contribution in [1.29, 1.82) is 0 Å². The summed E-state index contributed by atoms with van der Waals surface area (Å²) in [7, 11) is 2.16. The molecule has 2 bridgehead atoms. The van der Waals surface area contributed by atoms with Crippen LogP contribution in [0.3, 0.4) is 0 Å². The zero-order chi connectivity index (χ0) is 13.4. The molecule has 104 valence electrons. The zero-order valence-electron chi connectivity index (χ0n) is 11.4. The van der Waals surface area contributed by atoms with Crippen molar-refractivity contribution in [3.8, 4) is 0 Å². The number of alkyl halides is 1. The van der Waals surface area contributed by atoms with Crippen LogP contribution in [-0.2, 0) is 5.88 Å². The molecular weight excluding hydrogens is 277 g/mol. The Labute approximate surface area is 125 Å². The van der Waals surface area contributed by atoms with Crippen LogP contribution in [0.5, 0.6) is 0 Å². The normalized spacial score (nSPS) is 28.9. The minimum atomic E-state index is 0.524. The van der Waals surface area contributed by atoms with Gasteiger partial charge in [-0.2, -0.15) is 0 Å². The van der Waals surface area contributed by atoms with E-state index in [2.05, 4.69) is 24.1 Å². The molecule has 19 heavy (non-hydrogen) atoms. The van der Waals surface area contributed by atoms with Gasteiger partial charge in [0.1, 0.15) is 0 Å². The fourth-order valence-electron chi connectivity index (χ4n) is 3.99. The molecule has 0 aromatic heterocycles. The molecule has 1 aromatic rings. The Hall–Kier alpha value is -0.400. The highest BCUT2D eigenvalue weighted by molar-refractivity contribution is 6.33. The van der Waals surface area contributed by atoms with E-state index < -0.39 is 0 Å². The summed E-state index contributed by atoms with van der Waals surface area (Å²) in [5, 5.41) is 0.823. The number of anilines is 1. The molecule has 2 fully saturated rings. The molecule has 2 saturated carbocycles. The maximum Gasteiger partial charge on any atom is 0.0642 e. The Kier molecular flexibility index (Phi) is 3.96. The van der Waals surface area contributed by atoms with Crippen LogP contribution >= 0.6 is 23.2 Å². The number of halogens is 2. The smallest absolute Gasteiger partial charge is 0.0642 e. The molecule has 0 N–H and O–H groups in total. The fraction of sp³-hybridized carbons (Fsp3) is 0.625. The minimum Gasteiger partial charge on any atom is -0.373 e. The Morgan fingerprint density at radius 3 is 2.68 bits per heavy atom. The topological polar surface area (TPSA) is 3.24 Å². The second-order valence-electron chi connectivity index (χ2n) is 6.23. The Morgan fingerprint density at radius 2 is 2.11 bits per heavy atom. The van der Waals surface area contributed by atoms with Crippen LogP contribution in [0.1, 0.15) is 31.2 Å². The summed E-state index contributed by atoms with van der Waals surface area (Å²) < 4.78 is 0. The van der Waals surface area contributed by atoms with Crippen molar-refractivity contribution in [2.45, 2.75) is 31.6 Å². The van der Waals surface area contributed by atoms with Gasteiger partial charge in [-0.25, -0.2) is 0 Å². The van der Waals surface area contributed by atoms with Crippen LogP contribution < -0.4 is 4.90 Å². The van der Waals surface area contributed by atoms with Gasteiger partial charge in [0, 0.05) is 19.5 Å². The van der Waals surface area contributed by atoms with Gasteiger partial charge >= 0.3 is 0 Å². The van der Waals surface area contributed by atoms with Crippen LogP contribution in [-0.4, -0.2) is 13.6 Å². The van der Waals surface area contributed by atoms with Gasteiger partial charge in [0.25, 0.3) is 0 Å². The van der Waals surface area contributed by atoms with Crippen molar-refractivity contribution in [1.82, 2.24) is 0 Å². The molecule has 3 heteroatoms. The van der Waals surface area contributed by atoms with E-state index in [9.17, 15) is 0 Å². The van der Waals surface area contributed by atoms with Gasteiger partial charge in [-0.15, -0.1) is 11.6 Å². The third-order valence-corrected chi connectivity index (χ3v) is 5.58. The molecule has 0 amide bonds. The van der Waals surface area contributed by atoms with E-state index >= 15 is 0 Å². The zero-order valence-corrected chi connectivity index (χ0v) is 12.9. The second kappa shape index (κ2) is 5.54. The second-order valence-corrected chi connectivity index (χ2v) is 6.91. The van der Waals surface area contributed by atoms with E-state index in [1.165, 1.54) is 25.7 Å². The highest BCUT2D eigenvalue weighted by atomic mass is 35.5. The van der Waals surface area contributed by atoms with Crippen LogP contribution in [0.2, 0.25) is 5.02 Å². The van der Waals surface area contributed by atoms with Crippen molar-refractivity contribution in [2.75, 3.05) is 18.5 Å². The van der Waals surface area contributed by atoms with Gasteiger partial charge in [-0.3, -0.25) is 0 Å². The van der Waals surface area contributed by atoms with Crippen LogP contribution in [0.15, 0.2) is 18.2 Å². The highest BCUT2D eigenvalue weighted by Gasteiger charge is 2.39. The summed E-state index contributed by atoms with van der Waals surface area (Å²) in [6.07, 6.45) is 5.81. The predicted octanol–water partition coefficient (Wildman–Crippen LogP) is 4.95. The predicted molar refractivity (Wildman–Crippen MR) is 83.2 cm³/mol. The lowest BCUT2D eigenvalue weighted by atomic mass is 9.88. The van der Waals surface area contributed by atoms with Crippen molar-refractivity contribution in [3.63, 3.8) is 0 Å². The molecule has 3 atom stereocenters.